The van der Waals surface area contributed by atoms with Gasteiger partial charge in [0.15, 0.2) is 6.61 Å². The average Bonchev–Trinajstić information content (AvgIpc) is 2.85. The largest absolute Gasteiger partial charge is 0.458 e. The van der Waals surface area contributed by atoms with Crippen LogP contribution < -0.4 is 4.90 Å². The van der Waals surface area contributed by atoms with Gasteiger partial charge in [-0.3, -0.25) is 0 Å². The molecule has 0 bridgehead atoms. The number of carbonyl (C=O) groups excluding carboxylic acids is 1. The quantitative estimate of drug-likeness (QED) is 0.307. The van der Waals surface area contributed by atoms with Crippen LogP contribution in [0.25, 0.3) is 17.2 Å². The van der Waals surface area contributed by atoms with Crippen molar-refractivity contribution in [2.45, 2.75) is 6.61 Å². The van der Waals surface area contributed by atoms with Crippen LogP contribution in [0.15, 0.2) is 72.7 Å². The molecule has 1 aliphatic rings. The number of carbonyl (C=O) groups is 1. The zero-order valence-corrected chi connectivity index (χ0v) is 18.1. The van der Waals surface area contributed by atoms with E-state index in [1.54, 1.807) is 42.7 Å². The summed E-state index contributed by atoms with van der Waals surface area (Å²) in [7, 11) is 0. The molecule has 1 aromatic heterocycles. The molecule has 0 aliphatic carbocycles. The highest BCUT2D eigenvalue weighted by Gasteiger charge is 2.25. The number of aliphatic hydroxyl groups is 1. The van der Waals surface area contributed by atoms with Crippen molar-refractivity contribution in [2.24, 2.45) is 5.16 Å². The van der Waals surface area contributed by atoms with Crippen molar-refractivity contribution in [3.63, 3.8) is 0 Å². The number of hydrogen-bond donors (Lipinski definition) is 1. The Bertz CT molecular complexity index is 1140. The number of nitrogens with zero attached hydrogens (tertiary/aromatic N) is 4. The lowest BCUT2D eigenvalue weighted by Crippen LogP contribution is -2.48. The predicted octanol–water partition coefficient (Wildman–Crippen LogP) is 3.33. The molecule has 1 N–H and O–H groups in total. The van der Waals surface area contributed by atoms with Crippen molar-refractivity contribution < 1.29 is 19.5 Å². The Hall–Kier alpha value is -4.04. The Labute approximate surface area is 191 Å². The van der Waals surface area contributed by atoms with Gasteiger partial charge in [-0.25, -0.2) is 14.8 Å². The molecule has 33 heavy (non-hydrogen) atoms. The van der Waals surface area contributed by atoms with E-state index >= 15 is 0 Å². The van der Waals surface area contributed by atoms with Gasteiger partial charge in [-0.2, -0.15) is 0 Å². The SMILES string of the molecule is C=Cc1c(CO)cccc1-c1cnc(N2CC(=NOCCOC(=O)c3ccccc3)C2)nc1. The lowest BCUT2D eigenvalue weighted by Gasteiger charge is -2.31. The van der Waals surface area contributed by atoms with E-state index in [0.29, 0.717) is 24.6 Å². The first-order valence-electron chi connectivity index (χ1n) is 10.5. The van der Waals surface area contributed by atoms with Gasteiger partial charge in [0.2, 0.25) is 5.95 Å². The zero-order chi connectivity index (χ0) is 23.0. The van der Waals surface area contributed by atoms with Crippen LogP contribution in [-0.4, -0.2) is 53.1 Å². The van der Waals surface area contributed by atoms with E-state index in [0.717, 1.165) is 28.0 Å². The fraction of sp³-hybridized carbons (Fsp3) is 0.200. The summed E-state index contributed by atoms with van der Waals surface area (Å²) >= 11 is 0. The zero-order valence-electron chi connectivity index (χ0n) is 18.1. The third-order valence-electron chi connectivity index (χ3n) is 5.16. The standard InChI is InChI=1S/C25H24N4O4/c1-2-22-19(17-30)9-6-10-23(22)20-13-26-25(27-14-20)29-15-21(16-29)28-33-12-11-32-24(31)18-7-4-3-5-8-18/h2-10,13-14,30H,1,11-12,15-17H2. The third kappa shape index (κ3) is 5.24. The molecule has 8 nitrogen and oxygen atoms in total. The van der Waals surface area contributed by atoms with Crippen molar-refractivity contribution in [1.29, 1.82) is 0 Å². The van der Waals surface area contributed by atoms with E-state index in [-0.39, 0.29) is 25.8 Å². The number of ether oxygens (including phenoxy) is 1. The summed E-state index contributed by atoms with van der Waals surface area (Å²) in [6.45, 7) is 5.25. The summed E-state index contributed by atoms with van der Waals surface area (Å²) < 4.78 is 5.15. The molecule has 0 saturated carbocycles. The Kier molecular flexibility index (Phi) is 7.06. The number of hydrogen-bond acceptors (Lipinski definition) is 8. The molecule has 4 rings (SSSR count). The maximum atomic E-state index is 11.8. The summed E-state index contributed by atoms with van der Waals surface area (Å²) in [6.07, 6.45) is 5.26. The molecule has 168 valence electrons. The maximum absolute atomic E-state index is 11.8. The van der Waals surface area contributed by atoms with Gasteiger partial charge < -0.3 is 19.6 Å². The van der Waals surface area contributed by atoms with E-state index in [4.69, 9.17) is 9.57 Å². The van der Waals surface area contributed by atoms with Crippen LogP contribution in [0, 0.1) is 0 Å². The Morgan fingerprint density at radius 3 is 2.55 bits per heavy atom. The average molecular weight is 444 g/mol. The Morgan fingerprint density at radius 1 is 1.09 bits per heavy atom. The number of aromatic nitrogens is 2. The first kappa shape index (κ1) is 22.2. The Morgan fingerprint density at radius 2 is 1.85 bits per heavy atom. The molecular weight excluding hydrogens is 420 g/mol. The summed E-state index contributed by atoms with van der Waals surface area (Å²) in [4.78, 5) is 28.0. The highest BCUT2D eigenvalue weighted by atomic mass is 16.6. The first-order valence-corrected chi connectivity index (χ1v) is 10.5. The van der Waals surface area contributed by atoms with E-state index < -0.39 is 0 Å². The molecule has 0 spiro atoms. The van der Waals surface area contributed by atoms with E-state index in [9.17, 15) is 9.90 Å². The van der Waals surface area contributed by atoms with Crippen LogP contribution in [-0.2, 0) is 16.2 Å². The van der Waals surface area contributed by atoms with Crippen LogP contribution in [0.5, 0.6) is 0 Å². The summed E-state index contributed by atoms with van der Waals surface area (Å²) in [5.41, 5.74) is 4.83. The Balaban J connectivity index is 1.24. The topological polar surface area (TPSA) is 97.1 Å². The first-order chi connectivity index (χ1) is 16.2. The molecule has 8 heteroatoms. The maximum Gasteiger partial charge on any atom is 0.338 e. The van der Waals surface area contributed by atoms with Crippen molar-refractivity contribution in [1.82, 2.24) is 9.97 Å². The van der Waals surface area contributed by atoms with Gasteiger partial charge in [-0.05, 0) is 28.8 Å². The molecular formula is C25H24N4O4. The van der Waals surface area contributed by atoms with Crippen molar-refractivity contribution >= 4 is 23.7 Å². The summed E-state index contributed by atoms with van der Waals surface area (Å²) in [5, 5.41) is 13.6. The van der Waals surface area contributed by atoms with Crippen LogP contribution >= 0.6 is 0 Å². The molecule has 1 aliphatic heterocycles. The summed E-state index contributed by atoms with van der Waals surface area (Å²) in [6, 6.07) is 14.5. The lowest BCUT2D eigenvalue weighted by atomic mass is 9.97. The van der Waals surface area contributed by atoms with Gasteiger partial charge in [0.05, 0.1) is 31.0 Å². The second kappa shape index (κ2) is 10.5. The number of esters is 1. The van der Waals surface area contributed by atoms with Crippen LogP contribution in [0.1, 0.15) is 21.5 Å². The van der Waals surface area contributed by atoms with Crippen LogP contribution in [0.4, 0.5) is 5.95 Å². The fourth-order valence-electron chi connectivity index (χ4n) is 3.43. The molecule has 1 fully saturated rings. The van der Waals surface area contributed by atoms with Crippen molar-refractivity contribution in [3.05, 3.63) is 84.2 Å². The molecule has 1 saturated heterocycles. The minimum atomic E-state index is -0.384. The lowest BCUT2D eigenvalue weighted by molar-refractivity contribution is 0.0326. The van der Waals surface area contributed by atoms with Gasteiger partial charge in [0.1, 0.15) is 6.61 Å². The monoisotopic (exact) mass is 444 g/mol. The molecule has 0 amide bonds. The van der Waals surface area contributed by atoms with Gasteiger partial charge in [-0.1, -0.05) is 54.2 Å². The second-order valence-electron chi connectivity index (χ2n) is 7.36. The number of anilines is 1. The molecule has 2 heterocycles. The molecule has 0 unspecified atom stereocenters. The van der Waals surface area contributed by atoms with Crippen LogP contribution in [0.3, 0.4) is 0 Å². The van der Waals surface area contributed by atoms with Gasteiger partial charge in [0.25, 0.3) is 0 Å². The minimum Gasteiger partial charge on any atom is -0.458 e. The second-order valence-corrected chi connectivity index (χ2v) is 7.36. The van der Waals surface area contributed by atoms with E-state index in [2.05, 4.69) is 21.7 Å². The highest BCUT2D eigenvalue weighted by molar-refractivity contribution is 5.98. The number of oxime groups is 1. The van der Waals surface area contributed by atoms with Crippen molar-refractivity contribution in [2.75, 3.05) is 31.2 Å². The van der Waals surface area contributed by atoms with E-state index in [1.165, 1.54) is 0 Å². The molecule has 3 aromatic rings. The molecule has 2 aromatic carbocycles. The molecule has 0 atom stereocenters. The van der Waals surface area contributed by atoms with Gasteiger partial charge in [0, 0.05) is 18.0 Å². The van der Waals surface area contributed by atoms with Crippen molar-refractivity contribution in [3.8, 4) is 11.1 Å². The number of rotatable bonds is 9. The number of aliphatic hydroxyl groups excluding tert-OH is 1. The predicted molar refractivity (Wildman–Crippen MR) is 126 cm³/mol. The van der Waals surface area contributed by atoms with E-state index in [1.807, 2.05) is 29.2 Å². The minimum absolute atomic E-state index is 0.0540. The van der Waals surface area contributed by atoms with Gasteiger partial charge in [-0.15, -0.1) is 0 Å². The smallest absolute Gasteiger partial charge is 0.338 e. The highest BCUT2D eigenvalue weighted by Crippen LogP contribution is 2.27. The third-order valence-corrected chi connectivity index (χ3v) is 5.16. The molecule has 0 radical (unpaired) electrons. The number of benzene rings is 2. The van der Waals surface area contributed by atoms with Gasteiger partial charge >= 0.3 is 5.97 Å². The summed E-state index contributed by atoms with van der Waals surface area (Å²) in [5.74, 6) is 0.221. The fourth-order valence-corrected chi connectivity index (χ4v) is 3.43. The van der Waals surface area contributed by atoms with Crippen LogP contribution in [0.2, 0.25) is 0 Å². The normalized spacial score (nSPS) is 12.6.